The van der Waals surface area contributed by atoms with Crippen molar-refractivity contribution >= 4 is 32.3 Å². The Hall–Kier alpha value is -5.46. The Morgan fingerprint density at radius 2 is 0.667 bits per heavy atom. The highest BCUT2D eigenvalue weighted by Crippen LogP contribution is 2.54. The van der Waals surface area contributed by atoms with Crippen molar-refractivity contribution in [2.24, 2.45) is 0 Å². The summed E-state index contributed by atoms with van der Waals surface area (Å²) in [6, 6.07) is 50.2. The molecule has 0 heterocycles. The van der Waals surface area contributed by atoms with Crippen molar-refractivity contribution in [1.82, 2.24) is 0 Å². The second-order valence-electron chi connectivity index (χ2n) is 13.7. The van der Waals surface area contributed by atoms with E-state index in [2.05, 4.69) is 175 Å². The van der Waals surface area contributed by atoms with E-state index in [4.69, 9.17) is 0 Å². The first-order chi connectivity index (χ1) is 23.3. The first kappa shape index (κ1) is 29.9. The SMILES string of the molecule is Cc1ccc(-c2c3ccc(C)cc3c(-c3ccccc3)c3c(-c4c(C)cc(C)cc4C)c4ccc(C)cc4c(-c4ccccc4)c23)cc1. The third kappa shape index (κ3) is 4.83. The largest absolute Gasteiger partial charge is 0.0622 e. The highest BCUT2D eigenvalue weighted by molar-refractivity contribution is 6.34. The van der Waals surface area contributed by atoms with Gasteiger partial charge in [0.05, 0.1) is 0 Å². The lowest BCUT2D eigenvalue weighted by Gasteiger charge is -2.27. The molecule has 0 aliphatic carbocycles. The summed E-state index contributed by atoms with van der Waals surface area (Å²) in [5.74, 6) is 0. The Labute approximate surface area is 284 Å². The molecular formula is C48H40. The summed E-state index contributed by atoms with van der Waals surface area (Å²) >= 11 is 0. The van der Waals surface area contributed by atoms with Crippen LogP contribution in [0.2, 0.25) is 0 Å². The average molecular weight is 617 g/mol. The van der Waals surface area contributed by atoms with E-state index in [0.717, 1.165) is 0 Å². The van der Waals surface area contributed by atoms with E-state index in [1.165, 1.54) is 110 Å². The zero-order chi connectivity index (χ0) is 33.1. The number of hydrogen-bond acceptors (Lipinski definition) is 0. The third-order valence-electron chi connectivity index (χ3n) is 10.1. The Morgan fingerprint density at radius 1 is 0.271 bits per heavy atom. The first-order valence-corrected chi connectivity index (χ1v) is 17.0. The normalized spacial score (nSPS) is 11.5. The molecule has 0 aromatic heterocycles. The molecule has 0 aliphatic rings. The summed E-state index contributed by atoms with van der Waals surface area (Å²) in [4.78, 5) is 0. The molecular weight excluding hydrogens is 577 g/mol. The molecule has 0 radical (unpaired) electrons. The van der Waals surface area contributed by atoms with Crippen LogP contribution in [0.5, 0.6) is 0 Å². The van der Waals surface area contributed by atoms with E-state index in [0.29, 0.717) is 0 Å². The van der Waals surface area contributed by atoms with Gasteiger partial charge in [0, 0.05) is 0 Å². The van der Waals surface area contributed by atoms with Gasteiger partial charge in [0.2, 0.25) is 0 Å². The smallest absolute Gasteiger partial charge is 0.000119 e. The van der Waals surface area contributed by atoms with E-state index >= 15 is 0 Å². The van der Waals surface area contributed by atoms with Crippen LogP contribution >= 0.6 is 0 Å². The van der Waals surface area contributed by atoms with Gasteiger partial charge in [-0.2, -0.15) is 0 Å². The Balaban J connectivity index is 1.80. The van der Waals surface area contributed by atoms with Crippen LogP contribution in [0.3, 0.4) is 0 Å². The van der Waals surface area contributed by atoms with Gasteiger partial charge in [-0.1, -0.05) is 156 Å². The van der Waals surface area contributed by atoms with Crippen molar-refractivity contribution in [1.29, 1.82) is 0 Å². The number of aryl methyl sites for hydroxylation is 6. The zero-order valence-corrected chi connectivity index (χ0v) is 28.7. The van der Waals surface area contributed by atoms with E-state index in [1.54, 1.807) is 0 Å². The summed E-state index contributed by atoms with van der Waals surface area (Å²) < 4.78 is 0. The van der Waals surface area contributed by atoms with E-state index in [-0.39, 0.29) is 0 Å². The summed E-state index contributed by atoms with van der Waals surface area (Å²) in [5, 5.41) is 7.79. The number of fused-ring (bicyclic) bond motifs is 3. The third-order valence-corrected chi connectivity index (χ3v) is 10.1. The Morgan fingerprint density at radius 3 is 1.17 bits per heavy atom. The molecule has 0 atom stereocenters. The highest BCUT2D eigenvalue weighted by Gasteiger charge is 2.27. The van der Waals surface area contributed by atoms with Gasteiger partial charge < -0.3 is 0 Å². The van der Waals surface area contributed by atoms with E-state index in [9.17, 15) is 0 Å². The van der Waals surface area contributed by atoms with Crippen LogP contribution in [0.15, 0.2) is 133 Å². The lowest BCUT2D eigenvalue weighted by Crippen LogP contribution is -2.00. The predicted octanol–water partition coefficient (Wildman–Crippen LogP) is 13.7. The molecule has 8 rings (SSSR count). The average Bonchev–Trinajstić information content (AvgIpc) is 3.08. The topological polar surface area (TPSA) is 0 Å². The summed E-state index contributed by atoms with van der Waals surface area (Å²) in [6.07, 6.45) is 0. The van der Waals surface area contributed by atoms with Crippen molar-refractivity contribution in [3.63, 3.8) is 0 Å². The molecule has 0 nitrogen and oxygen atoms in total. The van der Waals surface area contributed by atoms with Crippen LogP contribution < -0.4 is 0 Å². The van der Waals surface area contributed by atoms with Crippen molar-refractivity contribution in [3.05, 3.63) is 167 Å². The van der Waals surface area contributed by atoms with Gasteiger partial charge in [0.1, 0.15) is 0 Å². The summed E-state index contributed by atoms with van der Waals surface area (Å²) in [5.41, 5.74) is 18.0. The van der Waals surface area contributed by atoms with Gasteiger partial charge >= 0.3 is 0 Å². The van der Waals surface area contributed by atoms with Crippen molar-refractivity contribution in [2.75, 3.05) is 0 Å². The predicted molar refractivity (Wildman–Crippen MR) is 209 cm³/mol. The highest BCUT2D eigenvalue weighted by atomic mass is 14.3. The second-order valence-corrected chi connectivity index (χ2v) is 13.7. The molecule has 0 saturated carbocycles. The number of benzene rings is 8. The fourth-order valence-corrected chi connectivity index (χ4v) is 8.12. The van der Waals surface area contributed by atoms with Gasteiger partial charge in [-0.15, -0.1) is 0 Å². The molecule has 0 aliphatic heterocycles. The van der Waals surface area contributed by atoms with Crippen molar-refractivity contribution in [2.45, 2.75) is 41.5 Å². The van der Waals surface area contributed by atoms with Crippen LogP contribution in [-0.4, -0.2) is 0 Å². The summed E-state index contributed by atoms with van der Waals surface area (Å²) in [6.45, 7) is 13.4. The van der Waals surface area contributed by atoms with Crippen molar-refractivity contribution < 1.29 is 0 Å². The molecule has 8 aromatic carbocycles. The second kappa shape index (κ2) is 11.7. The monoisotopic (exact) mass is 616 g/mol. The standard InChI is InChI=1S/C48H40/c1-29-17-21-37(22-18-29)43-38-23-19-30(2)27-40(38)45(36-15-11-8-12-16-36)48-46(42-33(5)25-32(4)26-34(42)6)39-24-20-31(3)28-41(39)44(47(43)48)35-13-9-7-10-14-35/h7-28H,1-6H3. The van der Waals surface area contributed by atoms with Gasteiger partial charge in [0.25, 0.3) is 0 Å². The van der Waals surface area contributed by atoms with E-state index in [1.807, 2.05) is 0 Å². The Bertz CT molecular complexity index is 2490. The van der Waals surface area contributed by atoms with Crippen LogP contribution in [0.25, 0.3) is 76.8 Å². The minimum Gasteiger partial charge on any atom is -0.0622 e. The molecule has 232 valence electrons. The lowest BCUT2D eigenvalue weighted by atomic mass is 9.76. The molecule has 0 fully saturated rings. The first-order valence-electron chi connectivity index (χ1n) is 17.0. The molecule has 0 bridgehead atoms. The maximum atomic E-state index is 2.42. The zero-order valence-electron chi connectivity index (χ0n) is 28.7. The molecule has 0 amide bonds. The van der Waals surface area contributed by atoms with Crippen LogP contribution in [0.4, 0.5) is 0 Å². The molecule has 0 heteroatoms. The van der Waals surface area contributed by atoms with Gasteiger partial charge in [-0.3, -0.25) is 0 Å². The summed E-state index contributed by atoms with van der Waals surface area (Å²) in [7, 11) is 0. The number of rotatable bonds is 4. The fraction of sp³-hybridized carbons (Fsp3) is 0.125. The van der Waals surface area contributed by atoms with Crippen LogP contribution in [0.1, 0.15) is 33.4 Å². The maximum absolute atomic E-state index is 2.42. The maximum Gasteiger partial charge on any atom is -0.000119 e. The van der Waals surface area contributed by atoms with Crippen LogP contribution in [-0.2, 0) is 0 Å². The van der Waals surface area contributed by atoms with Crippen LogP contribution in [0, 0.1) is 41.5 Å². The molecule has 8 aromatic rings. The molecule has 48 heavy (non-hydrogen) atoms. The number of hydrogen-bond donors (Lipinski definition) is 0. The Kier molecular flexibility index (Phi) is 7.26. The molecule has 0 unspecified atom stereocenters. The van der Waals surface area contributed by atoms with Gasteiger partial charge in [-0.05, 0) is 129 Å². The van der Waals surface area contributed by atoms with E-state index < -0.39 is 0 Å². The fourth-order valence-electron chi connectivity index (χ4n) is 8.12. The molecule has 0 saturated heterocycles. The van der Waals surface area contributed by atoms with Gasteiger partial charge in [-0.25, -0.2) is 0 Å². The lowest BCUT2D eigenvalue weighted by molar-refractivity contribution is 1.33. The van der Waals surface area contributed by atoms with Crippen molar-refractivity contribution in [3.8, 4) is 44.5 Å². The minimum absolute atomic E-state index is 1.24. The molecule has 0 N–H and O–H groups in total. The van der Waals surface area contributed by atoms with Gasteiger partial charge in [0.15, 0.2) is 0 Å². The minimum atomic E-state index is 1.24. The quantitative estimate of drug-likeness (QED) is 0.173. The molecule has 0 spiro atoms.